The van der Waals surface area contributed by atoms with Gasteiger partial charge in [-0.3, -0.25) is 14.4 Å². The Bertz CT molecular complexity index is 813. The maximum absolute atomic E-state index is 12.3. The highest BCUT2D eigenvalue weighted by Gasteiger charge is 2.25. The molecule has 0 N–H and O–H groups in total. The summed E-state index contributed by atoms with van der Waals surface area (Å²) in [5, 5.41) is 10.3. The molecule has 9 heteroatoms. The van der Waals surface area contributed by atoms with Crippen LogP contribution in [0.2, 0.25) is 5.02 Å². The summed E-state index contributed by atoms with van der Waals surface area (Å²) >= 11 is 11.6. The van der Waals surface area contributed by atoms with E-state index in [4.69, 9.17) is 23.2 Å². The number of nitrogens with zero attached hydrogens (tertiary/aromatic N) is 2. The summed E-state index contributed by atoms with van der Waals surface area (Å²) in [6.45, 7) is -0.0310. The number of nitro groups is 1. The highest BCUT2D eigenvalue weighted by Crippen LogP contribution is 2.33. The Morgan fingerprint density at radius 1 is 1.13 bits per heavy atom. The molecule has 0 aliphatic rings. The number of nitro benzene ring substituents is 1. The van der Waals surface area contributed by atoms with Crippen molar-refractivity contribution in [3.8, 4) is 0 Å². The first kappa shape index (κ1) is 17.5. The van der Waals surface area contributed by atoms with Crippen LogP contribution in [-0.4, -0.2) is 18.6 Å². The van der Waals surface area contributed by atoms with Crippen LogP contribution in [0.25, 0.3) is 0 Å². The van der Waals surface area contributed by atoms with Crippen molar-refractivity contribution in [1.29, 1.82) is 0 Å². The van der Waals surface area contributed by atoms with Gasteiger partial charge in [0.1, 0.15) is 5.21 Å². The molecule has 0 saturated heterocycles. The molecule has 0 fully saturated rings. The fourth-order valence-corrected chi connectivity index (χ4v) is 3.48. The smallest absolute Gasteiger partial charge is 0.263 e. The molecule has 0 heterocycles. The molecule has 0 unspecified atom stereocenters. The average molecular weight is 375 g/mol. The van der Waals surface area contributed by atoms with Crippen molar-refractivity contribution in [2.75, 3.05) is 9.52 Å². The van der Waals surface area contributed by atoms with E-state index < -0.39 is 20.2 Å². The van der Waals surface area contributed by atoms with Crippen LogP contribution in [0.3, 0.4) is 0 Å². The van der Waals surface area contributed by atoms with Crippen molar-refractivity contribution >= 4 is 44.6 Å². The van der Waals surface area contributed by atoms with Crippen LogP contribution in [0.5, 0.6) is 0 Å². The summed E-state index contributed by atoms with van der Waals surface area (Å²) in [4.78, 5) is 10.3. The zero-order valence-corrected chi connectivity index (χ0v) is 14.1. The van der Waals surface area contributed by atoms with Gasteiger partial charge < -0.3 is 0 Å². The van der Waals surface area contributed by atoms with Gasteiger partial charge in [0.25, 0.3) is 5.69 Å². The molecule has 122 valence electrons. The molecule has 2 aromatic rings. The molecule has 0 bridgehead atoms. The van der Waals surface area contributed by atoms with Gasteiger partial charge in [0.05, 0.1) is 22.2 Å². The van der Waals surface area contributed by atoms with Gasteiger partial charge in [0.2, 0.25) is 10.0 Å². The minimum absolute atomic E-state index is 0.0189. The van der Waals surface area contributed by atoms with Crippen LogP contribution in [0.1, 0.15) is 5.56 Å². The average Bonchev–Trinajstić information content (AvgIpc) is 2.54. The third-order valence-electron chi connectivity index (χ3n) is 3.05. The lowest BCUT2D eigenvalue weighted by Crippen LogP contribution is -2.31. The standard InChI is InChI=1S/C14H12Cl2N2O4S/c15-10-23(21,22)17(9-11-4-2-1-3-5-11)14-8-12(18(19)20)6-7-13(14)16/h1-8H,9-10H2. The first-order chi connectivity index (χ1) is 10.8. The van der Waals surface area contributed by atoms with Gasteiger partial charge in [-0.2, -0.15) is 0 Å². The number of alkyl halides is 1. The van der Waals surface area contributed by atoms with Crippen molar-refractivity contribution in [2.45, 2.75) is 6.54 Å². The number of benzene rings is 2. The Morgan fingerprint density at radius 3 is 2.35 bits per heavy atom. The van der Waals surface area contributed by atoms with Crippen LogP contribution in [-0.2, 0) is 16.6 Å². The van der Waals surface area contributed by atoms with E-state index >= 15 is 0 Å². The summed E-state index contributed by atoms with van der Waals surface area (Å²) in [6.07, 6.45) is 0. The van der Waals surface area contributed by atoms with Crippen LogP contribution >= 0.6 is 23.2 Å². The van der Waals surface area contributed by atoms with Crippen LogP contribution in [0.4, 0.5) is 11.4 Å². The second kappa shape index (κ2) is 7.16. The minimum atomic E-state index is -3.88. The molecule has 0 spiro atoms. The first-order valence-electron chi connectivity index (χ1n) is 6.39. The Kier molecular flexibility index (Phi) is 5.46. The number of rotatable bonds is 6. The maximum atomic E-state index is 12.3. The topological polar surface area (TPSA) is 80.5 Å². The van der Waals surface area contributed by atoms with E-state index in [9.17, 15) is 18.5 Å². The monoisotopic (exact) mass is 374 g/mol. The van der Waals surface area contributed by atoms with Gasteiger partial charge in [0, 0.05) is 12.1 Å². The largest absolute Gasteiger partial charge is 0.271 e. The van der Waals surface area contributed by atoms with Crippen molar-refractivity contribution in [2.24, 2.45) is 0 Å². The van der Waals surface area contributed by atoms with E-state index in [1.165, 1.54) is 12.1 Å². The fourth-order valence-electron chi connectivity index (χ4n) is 1.95. The SMILES string of the molecule is O=[N+]([O-])c1ccc(Cl)c(N(Cc2ccccc2)S(=O)(=O)CCl)c1. The molecule has 0 radical (unpaired) electrons. The molecule has 0 aliphatic heterocycles. The lowest BCUT2D eigenvalue weighted by atomic mass is 10.2. The van der Waals surface area contributed by atoms with E-state index in [0.717, 1.165) is 10.4 Å². The van der Waals surface area contributed by atoms with E-state index in [1.807, 2.05) is 0 Å². The summed E-state index contributed by atoms with van der Waals surface area (Å²) < 4.78 is 25.6. The highest BCUT2D eigenvalue weighted by molar-refractivity contribution is 7.93. The Balaban J connectivity index is 2.54. The van der Waals surface area contributed by atoms with E-state index in [1.54, 1.807) is 30.3 Å². The minimum Gasteiger partial charge on any atom is -0.263 e. The second-order valence-electron chi connectivity index (χ2n) is 4.61. The van der Waals surface area contributed by atoms with E-state index in [2.05, 4.69) is 0 Å². The molecule has 0 amide bonds. The Morgan fingerprint density at radius 2 is 1.78 bits per heavy atom. The first-order valence-corrected chi connectivity index (χ1v) is 8.91. The zero-order valence-electron chi connectivity index (χ0n) is 11.7. The number of sulfonamides is 1. The van der Waals surface area contributed by atoms with Gasteiger partial charge in [0.15, 0.2) is 0 Å². The zero-order chi connectivity index (χ0) is 17.0. The number of anilines is 1. The van der Waals surface area contributed by atoms with Crippen LogP contribution in [0.15, 0.2) is 48.5 Å². The van der Waals surface area contributed by atoms with Crippen molar-refractivity contribution in [3.05, 3.63) is 69.2 Å². The maximum Gasteiger partial charge on any atom is 0.271 e. The number of non-ortho nitro benzene ring substituents is 1. The summed E-state index contributed by atoms with van der Waals surface area (Å²) in [7, 11) is -3.88. The van der Waals surface area contributed by atoms with Crippen molar-refractivity contribution in [3.63, 3.8) is 0 Å². The number of hydrogen-bond donors (Lipinski definition) is 0. The predicted molar refractivity (Wildman–Crippen MR) is 90.4 cm³/mol. The van der Waals surface area contributed by atoms with E-state index in [0.29, 0.717) is 5.56 Å². The van der Waals surface area contributed by atoms with Crippen molar-refractivity contribution < 1.29 is 13.3 Å². The molecular weight excluding hydrogens is 363 g/mol. The van der Waals surface area contributed by atoms with Crippen LogP contribution < -0.4 is 4.31 Å². The summed E-state index contributed by atoms with van der Waals surface area (Å²) in [5.74, 6) is 0. The molecule has 0 saturated carbocycles. The molecule has 2 aromatic carbocycles. The van der Waals surface area contributed by atoms with Gasteiger partial charge in [-0.15, -0.1) is 11.6 Å². The molecular formula is C14H12Cl2N2O4S. The third kappa shape index (κ3) is 4.13. The number of hydrogen-bond acceptors (Lipinski definition) is 4. The van der Waals surface area contributed by atoms with Gasteiger partial charge >= 0.3 is 0 Å². The van der Waals surface area contributed by atoms with Gasteiger partial charge in [-0.05, 0) is 11.6 Å². The van der Waals surface area contributed by atoms with E-state index in [-0.39, 0.29) is 22.9 Å². The Labute approximate surface area is 143 Å². The normalized spacial score (nSPS) is 11.2. The molecule has 0 aliphatic carbocycles. The van der Waals surface area contributed by atoms with Gasteiger partial charge in [-0.1, -0.05) is 41.9 Å². The molecule has 0 atom stereocenters. The summed E-state index contributed by atoms with van der Waals surface area (Å²) in [6, 6.07) is 12.4. The van der Waals surface area contributed by atoms with Gasteiger partial charge in [-0.25, -0.2) is 8.42 Å². The molecule has 2 rings (SSSR count). The second-order valence-corrected chi connectivity index (χ2v) is 7.49. The van der Waals surface area contributed by atoms with Crippen molar-refractivity contribution in [1.82, 2.24) is 0 Å². The molecule has 6 nitrogen and oxygen atoms in total. The van der Waals surface area contributed by atoms with Crippen LogP contribution in [0, 0.1) is 10.1 Å². The molecule has 23 heavy (non-hydrogen) atoms. The highest BCUT2D eigenvalue weighted by atomic mass is 35.5. The number of halogens is 2. The Hall–Kier alpha value is -1.83. The third-order valence-corrected chi connectivity index (χ3v) is 5.47. The lowest BCUT2D eigenvalue weighted by molar-refractivity contribution is -0.384. The quantitative estimate of drug-likeness (QED) is 0.437. The lowest BCUT2D eigenvalue weighted by Gasteiger charge is -2.24. The molecule has 0 aromatic heterocycles. The summed E-state index contributed by atoms with van der Waals surface area (Å²) in [5.41, 5.74) is 0.460. The predicted octanol–water partition coefficient (Wildman–Crippen LogP) is 3.78. The fraction of sp³-hybridized carbons (Fsp3) is 0.143.